The van der Waals surface area contributed by atoms with Crippen LogP contribution in [0.25, 0.3) is 11.3 Å². The van der Waals surface area contributed by atoms with Gasteiger partial charge in [-0.25, -0.2) is 9.97 Å². The molecule has 2 aromatic rings. The zero-order valence-electron chi connectivity index (χ0n) is 15.4. The van der Waals surface area contributed by atoms with Crippen LogP contribution in [0.15, 0.2) is 18.5 Å². The number of aromatic nitrogens is 4. The van der Waals surface area contributed by atoms with Gasteiger partial charge in [0.15, 0.2) is 0 Å². The van der Waals surface area contributed by atoms with Crippen LogP contribution >= 0.6 is 0 Å². The summed E-state index contributed by atoms with van der Waals surface area (Å²) in [7, 11) is 0. The number of carbonyl (C=O) groups excluding carboxylic acids is 1. The van der Waals surface area contributed by atoms with Crippen molar-refractivity contribution < 1.29 is 4.79 Å². The quantitative estimate of drug-likeness (QED) is 0.873. The zero-order valence-corrected chi connectivity index (χ0v) is 15.4. The number of hydrogen-bond donors (Lipinski definition) is 1. The predicted octanol–water partition coefficient (Wildman–Crippen LogP) is 2.48. The average Bonchev–Trinajstić information content (AvgIpc) is 3.11. The largest absolute Gasteiger partial charge is 0.349 e. The van der Waals surface area contributed by atoms with Crippen LogP contribution in [0, 0.1) is 6.92 Å². The van der Waals surface area contributed by atoms with Gasteiger partial charge in [0.1, 0.15) is 0 Å². The molecule has 1 aliphatic rings. The highest BCUT2D eigenvalue weighted by Gasteiger charge is 2.31. The SMILES string of the molecule is CCCn1cc(-c2ccnc(NC3CC(=O)N(C(C)C)C3)n2)c(C)n1. The van der Waals surface area contributed by atoms with E-state index in [2.05, 4.69) is 27.3 Å². The highest BCUT2D eigenvalue weighted by atomic mass is 16.2. The lowest BCUT2D eigenvalue weighted by molar-refractivity contribution is -0.129. The van der Waals surface area contributed by atoms with Gasteiger partial charge in [-0.2, -0.15) is 5.10 Å². The van der Waals surface area contributed by atoms with Crippen molar-refractivity contribution in [2.24, 2.45) is 0 Å². The maximum atomic E-state index is 12.0. The van der Waals surface area contributed by atoms with Crippen LogP contribution < -0.4 is 5.32 Å². The van der Waals surface area contributed by atoms with Crippen LogP contribution in [-0.4, -0.2) is 49.2 Å². The van der Waals surface area contributed by atoms with Crippen LogP contribution in [0.1, 0.15) is 39.3 Å². The second-order valence-corrected chi connectivity index (χ2v) is 6.84. The number of rotatable bonds is 6. The number of carbonyl (C=O) groups is 1. The van der Waals surface area contributed by atoms with Crippen molar-refractivity contribution in [3.63, 3.8) is 0 Å². The molecule has 1 unspecified atom stereocenters. The first-order valence-electron chi connectivity index (χ1n) is 8.91. The van der Waals surface area contributed by atoms with Crippen LogP contribution in [0.2, 0.25) is 0 Å². The van der Waals surface area contributed by atoms with E-state index in [0.29, 0.717) is 18.9 Å². The van der Waals surface area contributed by atoms with E-state index in [1.165, 1.54) is 0 Å². The average molecular weight is 342 g/mol. The number of anilines is 1. The van der Waals surface area contributed by atoms with Gasteiger partial charge in [-0.05, 0) is 33.3 Å². The maximum Gasteiger partial charge on any atom is 0.225 e. The molecule has 1 atom stereocenters. The van der Waals surface area contributed by atoms with Crippen LogP contribution in [0.4, 0.5) is 5.95 Å². The molecule has 1 saturated heterocycles. The van der Waals surface area contributed by atoms with Gasteiger partial charge in [-0.1, -0.05) is 6.92 Å². The first-order valence-corrected chi connectivity index (χ1v) is 8.91. The summed E-state index contributed by atoms with van der Waals surface area (Å²) in [5.41, 5.74) is 2.83. The van der Waals surface area contributed by atoms with Gasteiger partial charge < -0.3 is 10.2 Å². The lowest BCUT2D eigenvalue weighted by atomic mass is 10.2. The molecule has 1 aliphatic heterocycles. The summed E-state index contributed by atoms with van der Waals surface area (Å²) in [5, 5.41) is 7.84. The predicted molar refractivity (Wildman–Crippen MR) is 97.2 cm³/mol. The highest BCUT2D eigenvalue weighted by Crippen LogP contribution is 2.22. The number of nitrogens with one attached hydrogen (secondary N) is 1. The Morgan fingerprint density at radius 1 is 1.40 bits per heavy atom. The Balaban J connectivity index is 1.75. The Hall–Kier alpha value is -2.44. The lowest BCUT2D eigenvalue weighted by Gasteiger charge is -2.21. The third-order valence-electron chi connectivity index (χ3n) is 4.45. The van der Waals surface area contributed by atoms with Crippen molar-refractivity contribution in [2.45, 2.75) is 59.2 Å². The molecule has 25 heavy (non-hydrogen) atoms. The van der Waals surface area contributed by atoms with Crippen molar-refractivity contribution in [2.75, 3.05) is 11.9 Å². The van der Waals surface area contributed by atoms with Gasteiger partial charge in [-0.3, -0.25) is 9.48 Å². The minimum absolute atomic E-state index is 0.0501. The summed E-state index contributed by atoms with van der Waals surface area (Å²) < 4.78 is 1.95. The molecule has 1 amide bonds. The number of hydrogen-bond acceptors (Lipinski definition) is 5. The Morgan fingerprint density at radius 2 is 2.20 bits per heavy atom. The Morgan fingerprint density at radius 3 is 2.88 bits per heavy atom. The molecule has 1 N–H and O–H groups in total. The molecule has 0 radical (unpaired) electrons. The van der Waals surface area contributed by atoms with E-state index in [1.54, 1.807) is 6.20 Å². The van der Waals surface area contributed by atoms with E-state index < -0.39 is 0 Å². The van der Waals surface area contributed by atoms with Gasteiger partial charge >= 0.3 is 0 Å². The number of likely N-dealkylation sites (tertiary alicyclic amines) is 1. The normalized spacial score (nSPS) is 17.6. The lowest BCUT2D eigenvalue weighted by Crippen LogP contribution is -2.33. The van der Waals surface area contributed by atoms with Gasteiger partial charge in [-0.15, -0.1) is 0 Å². The van der Waals surface area contributed by atoms with Gasteiger partial charge in [0, 0.05) is 43.5 Å². The second-order valence-electron chi connectivity index (χ2n) is 6.84. The topological polar surface area (TPSA) is 75.9 Å². The molecule has 0 bridgehead atoms. The van der Waals surface area contributed by atoms with Crippen molar-refractivity contribution >= 4 is 11.9 Å². The van der Waals surface area contributed by atoms with E-state index in [4.69, 9.17) is 0 Å². The van der Waals surface area contributed by atoms with Gasteiger partial charge in [0.05, 0.1) is 17.4 Å². The minimum atomic E-state index is 0.0501. The number of nitrogens with zero attached hydrogens (tertiary/aromatic N) is 5. The standard InChI is InChI=1S/C18H26N6O/c1-5-8-23-11-15(13(4)22-23)16-6-7-19-18(21-16)20-14-9-17(25)24(10-14)12(2)3/h6-7,11-12,14H,5,8-10H2,1-4H3,(H,19,20,21). The summed E-state index contributed by atoms with van der Waals surface area (Å²) in [6, 6.07) is 2.17. The molecule has 134 valence electrons. The third-order valence-corrected chi connectivity index (χ3v) is 4.45. The Bertz CT molecular complexity index is 754. The van der Waals surface area contributed by atoms with Gasteiger partial charge in [0.25, 0.3) is 0 Å². The fraction of sp³-hybridized carbons (Fsp3) is 0.556. The first kappa shape index (κ1) is 17.4. The molecular weight excluding hydrogens is 316 g/mol. The molecule has 0 spiro atoms. The molecule has 7 heteroatoms. The smallest absolute Gasteiger partial charge is 0.225 e. The third kappa shape index (κ3) is 3.81. The summed E-state index contributed by atoms with van der Waals surface area (Å²) >= 11 is 0. The van der Waals surface area contributed by atoms with E-state index in [-0.39, 0.29) is 18.0 Å². The second kappa shape index (κ2) is 7.21. The van der Waals surface area contributed by atoms with Crippen molar-refractivity contribution in [1.82, 2.24) is 24.6 Å². The minimum Gasteiger partial charge on any atom is -0.349 e. The van der Waals surface area contributed by atoms with E-state index in [1.807, 2.05) is 42.6 Å². The molecule has 7 nitrogen and oxygen atoms in total. The van der Waals surface area contributed by atoms with E-state index in [9.17, 15) is 4.79 Å². The monoisotopic (exact) mass is 342 g/mol. The molecule has 1 fully saturated rings. The number of aryl methyl sites for hydroxylation is 2. The van der Waals surface area contributed by atoms with Crippen molar-refractivity contribution in [3.8, 4) is 11.3 Å². The molecule has 0 aliphatic carbocycles. The summed E-state index contributed by atoms with van der Waals surface area (Å²) in [4.78, 5) is 22.9. The molecule has 0 aromatic carbocycles. The molecular formula is C18H26N6O. The van der Waals surface area contributed by atoms with Crippen molar-refractivity contribution in [3.05, 3.63) is 24.2 Å². The van der Waals surface area contributed by atoms with Crippen LogP contribution in [-0.2, 0) is 11.3 Å². The van der Waals surface area contributed by atoms with Crippen LogP contribution in [0.3, 0.4) is 0 Å². The Labute approximate surface area is 148 Å². The number of amides is 1. The van der Waals surface area contributed by atoms with E-state index >= 15 is 0 Å². The zero-order chi connectivity index (χ0) is 18.0. The Kier molecular flexibility index (Phi) is 5.01. The maximum absolute atomic E-state index is 12.0. The summed E-state index contributed by atoms with van der Waals surface area (Å²) in [6.07, 6.45) is 5.31. The summed E-state index contributed by atoms with van der Waals surface area (Å²) in [6.45, 7) is 9.78. The fourth-order valence-electron chi connectivity index (χ4n) is 3.20. The van der Waals surface area contributed by atoms with Crippen LogP contribution in [0.5, 0.6) is 0 Å². The molecule has 3 heterocycles. The van der Waals surface area contributed by atoms with E-state index in [0.717, 1.165) is 29.9 Å². The van der Waals surface area contributed by atoms with Gasteiger partial charge in [0.2, 0.25) is 11.9 Å². The molecule has 3 rings (SSSR count). The summed E-state index contributed by atoms with van der Waals surface area (Å²) in [5.74, 6) is 0.740. The molecule has 0 saturated carbocycles. The highest BCUT2D eigenvalue weighted by molar-refractivity contribution is 5.80. The fourth-order valence-corrected chi connectivity index (χ4v) is 3.20. The van der Waals surface area contributed by atoms with Crippen molar-refractivity contribution in [1.29, 1.82) is 0 Å². The first-order chi connectivity index (χ1) is 12.0. The molecule has 2 aromatic heterocycles.